The molecule has 0 aliphatic carbocycles. The molecule has 1 aromatic rings. The number of aliphatic hydroxyl groups excluding tert-OH is 1. The van der Waals surface area contributed by atoms with Gasteiger partial charge in [0.1, 0.15) is 0 Å². The van der Waals surface area contributed by atoms with Crippen LogP contribution in [0.15, 0.2) is 15.9 Å². The number of halogens is 1. The maximum atomic E-state index is 9.36. The van der Waals surface area contributed by atoms with Crippen LogP contribution < -0.4 is 5.73 Å². The minimum atomic E-state index is -0.379. The largest absolute Gasteiger partial charge is 0.392 e. The lowest BCUT2D eigenvalue weighted by atomic mass is 10.0. The summed E-state index contributed by atoms with van der Waals surface area (Å²) in [5, 5.41) is 9.36. The van der Waals surface area contributed by atoms with E-state index in [2.05, 4.69) is 28.9 Å². The summed E-state index contributed by atoms with van der Waals surface area (Å²) < 4.78 is 1.14. The van der Waals surface area contributed by atoms with Gasteiger partial charge in [-0.3, -0.25) is 0 Å². The molecule has 2 atom stereocenters. The van der Waals surface area contributed by atoms with Crippen molar-refractivity contribution < 1.29 is 5.11 Å². The Morgan fingerprint density at radius 3 is 2.77 bits per heavy atom. The van der Waals surface area contributed by atoms with E-state index in [0.717, 1.165) is 10.2 Å². The number of rotatable bonds is 4. The second-order valence-corrected chi connectivity index (χ2v) is 5.66. The monoisotopic (exact) mass is 263 g/mol. The smallest absolute Gasteiger partial charge is 0.0701 e. The van der Waals surface area contributed by atoms with Gasteiger partial charge in [-0.15, -0.1) is 11.3 Å². The highest BCUT2D eigenvalue weighted by Gasteiger charge is 2.12. The molecule has 74 valence electrons. The van der Waals surface area contributed by atoms with Gasteiger partial charge in [0.25, 0.3) is 0 Å². The topological polar surface area (TPSA) is 46.2 Å². The lowest BCUT2D eigenvalue weighted by molar-refractivity contribution is 0.165. The highest BCUT2D eigenvalue weighted by atomic mass is 79.9. The van der Waals surface area contributed by atoms with Crippen LogP contribution in [-0.4, -0.2) is 17.8 Å². The molecular formula is C9H14BrNOS. The van der Waals surface area contributed by atoms with Crippen molar-refractivity contribution in [1.82, 2.24) is 0 Å². The number of hydrogen-bond acceptors (Lipinski definition) is 3. The quantitative estimate of drug-likeness (QED) is 0.876. The van der Waals surface area contributed by atoms with Crippen LogP contribution >= 0.6 is 27.3 Å². The van der Waals surface area contributed by atoms with Crippen LogP contribution in [0.1, 0.15) is 24.1 Å². The van der Waals surface area contributed by atoms with Gasteiger partial charge in [-0.25, -0.2) is 0 Å². The summed E-state index contributed by atoms with van der Waals surface area (Å²) in [5.41, 5.74) is 5.35. The lowest BCUT2D eigenvalue weighted by Gasteiger charge is -2.12. The van der Waals surface area contributed by atoms with Crippen LogP contribution in [0.4, 0.5) is 0 Å². The summed E-state index contributed by atoms with van der Waals surface area (Å²) in [6, 6.07) is 4.12. The zero-order valence-corrected chi connectivity index (χ0v) is 9.94. The van der Waals surface area contributed by atoms with E-state index in [-0.39, 0.29) is 6.10 Å². The maximum absolute atomic E-state index is 9.36. The van der Waals surface area contributed by atoms with E-state index in [0.29, 0.717) is 12.5 Å². The third kappa shape index (κ3) is 3.38. The van der Waals surface area contributed by atoms with Crippen molar-refractivity contribution in [3.8, 4) is 0 Å². The molecule has 1 aromatic heterocycles. The van der Waals surface area contributed by atoms with Crippen molar-refractivity contribution >= 4 is 27.3 Å². The Morgan fingerprint density at radius 2 is 2.31 bits per heavy atom. The Hall–Kier alpha value is 0.1000. The standard InChI is InChI=1S/C9H14BrNOS/c1-6(4-7(12)5-11)8-2-3-9(10)13-8/h2-3,6-7,12H,4-5,11H2,1H3. The number of aliphatic hydroxyl groups is 1. The first kappa shape index (κ1) is 11.2. The normalized spacial score (nSPS) is 15.7. The molecule has 0 aliphatic heterocycles. The van der Waals surface area contributed by atoms with E-state index in [9.17, 15) is 5.11 Å². The number of hydrogen-bond donors (Lipinski definition) is 2. The van der Waals surface area contributed by atoms with E-state index < -0.39 is 0 Å². The summed E-state index contributed by atoms with van der Waals surface area (Å²) in [5.74, 6) is 0.384. The zero-order chi connectivity index (χ0) is 9.84. The molecule has 0 bridgehead atoms. The molecule has 0 saturated heterocycles. The van der Waals surface area contributed by atoms with Crippen molar-refractivity contribution in [3.05, 3.63) is 20.8 Å². The van der Waals surface area contributed by atoms with Gasteiger partial charge in [-0.2, -0.15) is 0 Å². The van der Waals surface area contributed by atoms with Gasteiger partial charge in [0, 0.05) is 11.4 Å². The summed E-state index contributed by atoms with van der Waals surface area (Å²) in [6.07, 6.45) is 0.361. The van der Waals surface area contributed by atoms with Crippen LogP contribution in [0.3, 0.4) is 0 Å². The predicted octanol–water partition coefficient (Wildman–Crippen LogP) is 2.32. The van der Waals surface area contributed by atoms with Gasteiger partial charge in [0.2, 0.25) is 0 Å². The van der Waals surface area contributed by atoms with E-state index in [1.54, 1.807) is 11.3 Å². The molecule has 0 aliphatic rings. The second-order valence-electron chi connectivity index (χ2n) is 3.17. The minimum absolute atomic E-state index is 0.344. The average Bonchev–Trinajstić information content (AvgIpc) is 2.51. The zero-order valence-electron chi connectivity index (χ0n) is 7.53. The molecule has 2 unspecified atom stereocenters. The lowest BCUT2D eigenvalue weighted by Crippen LogP contribution is -2.21. The average molecular weight is 264 g/mol. The first-order chi connectivity index (χ1) is 6.13. The molecular weight excluding hydrogens is 250 g/mol. The van der Waals surface area contributed by atoms with E-state index in [1.165, 1.54) is 4.88 Å². The fraction of sp³-hybridized carbons (Fsp3) is 0.556. The molecule has 2 nitrogen and oxygen atoms in total. The Kier molecular flexibility index (Phi) is 4.38. The Balaban J connectivity index is 2.53. The van der Waals surface area contributed by atoms with Crippen LogP contribution in [-0.2, 0) is 0 Å². The van der Waals surface area contributed by atoms with Gasteiger partial charge in [0.05, 0.1) is 9.89 Å². The summed E-state index contributed by atoms with van der Waals surface area (Å²) in [4.78, 5) is 1.29. The Labute approximate surface area is 90.9 Å². The maximum Gasteiger partial charge on any atom is 0.0701 e. The van der Waals surface area contributed by atoms with Crippen molar-refractivity contribution in [2.45, 2.75) is 25.4 Å². The fourth-order valence-corrected chi connectivity index (χ4v) is 2.70. The molecule has 1 heterocycles. The minimum Gasteiger partial charge on any atom is -0.392 e. The molecule has 4 heteroatoms. The van der Waals surface area contributed by atoms with Gasteiger partial charge in [-0.05, 0) is 40.4 Å². The number of nitrogens with two attached hydrogens (primary N) is 1. The van der Waals surface area contributed by atoms with Crippen molar-refractivity contribution in [2.24, 2.45) is 5.73 Å². The molecule has 0 spiro atoms. The van der Waals surface area contributed by atoms with Crippen LogP contribution in [0, 0.1) is 0 Å². The van der Waals surface area contributed by atoms with Crippen molar-refractivity contribution in [1.29, 1.82) is 0 Å². The molecule has 13 heavy (non-hydrogen) atoms. The fourth-order valence-electron chi connectivity index (χ4n) is 1.21. The molecule has 0 aromatic carbocycles. The summed E-state index contributed by atoms with van der Waals surface area (Å²) in [7, 11) is 0. The molecule has 0 saturated carbocycles. The first-order valence-electron chi connectivity index (χ1n) is 4.27. The SMILES string of the molecule is CC(CC(O)CN)c1ccc(Br)s1. The van der Waals surface area contributed by atoms with E-state index >= 15 is 0 Å². The second kappa shape index (κ2) is 5.10. The highest BCUT2D eigenvalue weighted by molar-refractivity contribution is 9.11. The van der Waals surface area contributed by atoms with Crippen LogP contribution in [0.5, 0.6) is 0 Å². The number of thiophene rings is 1. The molecule has 0 fully saturated rings. The van der Waals surface area contributed by atoms with Crippen molar-refractivity contribution in [3.63, 3.8) is 0 Å². The first-order valence-corrected chi connectivity index (χ1v) is 5.87. The third-order valence-corrected chi connectivity index (χ3v) is 3.83. The van der Waals surface area contributed by atoms with E-state index in [1.807, 2.05) is 6.07 Å². The van der Waals surface area contributed by atoms with Gasteiger partial charge >= 0.3 is 0 Å². The third-order valence-electron chi connectivity index (χ3n) is 1.98. The van der Waals surface area contributed by atoms with E-state index in [4.69, 9.17) is 5.73 Å². The van der Waals surface area contributed by atoms with Crippen molar-refractivity contribution in [2.75, 3.05) is 6.54 Å². The van der Waals surface area contributed by atoms with Crippen LogP contribution in [0.25, 0.3) is 0 Å². The Bertz CT molecular complexity index is 264. The predicted molar refractivity (Wildman–Crippen MR) is 60.1 cm³/mol. The molecule has 0 radical (unpaired) electrons. The van der Waals surface area contributed by atoms with Gasteiger partial charge < -0.3 is 10.8 Å². The Morgan fingerprint density at radius 1 is 1.62 bits per heavy atom. The molecule has 1 rings (SSSR count). The summed E-state index contributed by atoms with van der Waals surface area (Å²) >= 11 is 5.13. The van der Waals surface area contributed by atoms with Crippen LogP contribution in [0.2, 0.25) is 0 Å². The summed E-state index contributed by atoms with van der Waals surface area (Å²) in [6.45, 7) is 2.45. The molecule has 0 amide bonds. The highest BCUT2D eigenvalue weighted by Crippen LogP contribution is 2.30. The van der Waals surface area contributed by atoms with Gasteiger partial charge in [-0.1, -0.05) is 6.92 Å². The molecule has 3 N–H and O–H groups in total. The van der Waals surface area contributed by atoms with Gasteiger partial charge in [0.15, 0.2) is 0 Å².